The third-order valence-corrected chi connectivity index (χ3v) is 5.05. The molecule has 24 heavy (non-hydrogen) atoms. The van der Waals surface area contributed by atoms with Gasteiger partial charge in [-0.15, -0.1) is 0 Å². The van der Waals surface area contributed by atoms with E-state index in [1.807, 2.05) is 26.0 Å². The molecule has 1 N–H and O–H groups in total. The van der Waals surface area contributed by atoms with Crippen LogP contribution in [0.3, 0.4) is 0 Å². The van der Waals surface area contributed by atoms with E-state index in [1.165, 1.54) is 5.56 Å². The van der Waals surface area contributed by atoms with E-state index in [4.69, 9.17) is 4.42 Å². The number of hydrogen-bond acceptors (Lipinski definition) is 3. The highest BCUT2D eigenvalue weighted by Gasteiger charge is 2.53. The van der Waals surface area contributed by atoms with Gasteiger partial charge in [0, 0.05) is 0 Å². The number of nitrogens with zero attached hydrogens (tertiary/aromatic N) is 1. The maximum atomic E-state index is 13.4. The van der Waals surface area contributed by atoms with Crippen LogP contribution >= 0.6 is 0 Å². The maximum absolute atomic E-state index is 13.4. The van der Waals surface area contributed by atoms with Crippen LogP contribution in [-0.2, 0) is 16.8 Å². The first-order chi connectivity index (χ1) is 11.6. The summed E-state index contributed by atoms with van der Waals surface area (Å²) in [6, 6.07) is 11.7. The van der Waals surface area contributed by atoms with Crippen molar-refractivity contribution in [3.05, 3.63) is 59.5 Å². The molecule has 1 aromatic carbocycles. The summed E-state index contributed by atoms with van der Waals surface area (Å²) in [4.78, 5) is 15.2. The summed E-state index contributed by atoms with van der Waals surface area (Å²) in [6.07, 6.45) is 4.06. The zero-order chi connectivity index (χ0) is 17.2. The molecular formula is C20H25NO3. The first-order valence-corrected chi connectivity index (χ1v) is 8.62. The van der Waals surface area contributed by atoms with Crippen LogP contribution in [0.4, 0.5) is 0 Å². The second kappa shape index (κ2) is 6.81. The Morgan fingerprint density at radius 1 is 1.29 bits per heavy atom. The van der Waals surface area contributed by atoms with Crippen molar-refractivity contribution in [1.82, 2.24) is 4.90 Å². The van der Waals surface area contributed by atoms with E-state index in [9.17, 15) is 9.90 Å². The van der Waals surface area contributed by atoms with Crippen molar-refractivity contribution in [2.75, 3.05) is 6.61 Å². The quantitative estimate of drug-likeness (QED) is 0.848. The number of rotatable bonds is 7. The molecule has 2 aromatic rings. The molecule has 1 aliphatic rings. The van der Waals surface area contributed by atoms with Crippen LogP contribution in [0.15, 0.2) is 47.1 Å². The molecule has 1 atom stereocenters. The lowest BCUT2D eigenvalue weighted by molar-refractivity contribution is -0.138. The second-order valence-corrected chi connectivity index (χ2v) is 6.71. The van der Waals surface area contributed by atoms with Crippen molar-refractivity contribution >= 4 is 5.91 Å². The fourth-order valence-electron chi connectivity index (χ4n) is 3.28. The largest absolute Gasteiger partial charge is 0.467 e. The number of carbonyl (C=O) groups is 1. The highest BCUT2D eigenvalue weighted by atomic mass is 16.3. The third-order valence-electron chi connectivity index (χ3n) is 5.05. The van der Waals surface area contributed by atoms with E-state index in [0.29, 0.717) is 13.0 Å². The number of carbonyl (C=O) groups excluding carboxylic acids is 1. The molecule has 1 heterocycles. The van der Waals surface area contributed by atoms with Crippen molar-refractivity contribution in [2.24, 2.45) is 0 Å². The van der Waals surface area contributed by atoms with E-state index in [2.05, 4.69) is 24.3 Å². The minimum absolute atomic E-state index is 0.0348. The monoisotopic (exact) mass is 327 g/mol. The Morgan fingerprint density at radius 3 is 2.50 bits per heavy atom. The molecular weight excluding hydrogens is 302 g/mol. The molecule has 0 saturated heterocycles. The third kappa shape index (κ3) is 3.11. The Balaban J connectivity index is 1.88. The van der Waals surface area contributed by atoms with Gasteiger partial charge in [0.05, 0.1) is 30.9 Å². The summed E-state index contributed by atoms with van der Waals surface area (Å²) in [7, 11) is 0. The van der Waals surface area contributed by atoms with E-state index >= 15 is 0 Å². The summed E-state index contributed by atoms with van der Waals surface area (Å²) < 4.78 is 5.43. The Kier molecular flexibility index (Phi) is 4.76. The summed E-state index contributed by atoms with van der Waals surface area (Å²) >= 11 is 0. The SMILES string of the molecule is CC[C@@H](CO)N(Cc1ccco1)C(=O)C1(c2ccc(C)cc2)CC1. The second-order valence-electron chi connectivity index (χ2n) is 6.71. The van der Waals surface area contributed by atoms with Crippen molar-refractivity contribution in [1.29, 1.82) is 0 Å². The maximum Gasteiger partial charge on any atom is 0.233 e. The summed E-state index contributed by atoms with van der Waals surface area (Å²) in [5, 5.41) is 9.74. The number of amides is 1. The fourth-order valence-corrected chi connectivity index (χ4v) is 3.28. The van der Waals surface area contributed by atoms with Crippen LogP contribution in [0.5, 0.6) is 0 Å². The molecule has 128 valence electrons. The van der Waals surface area contributed by atoms with Crippen LogP contribution in [-0.4, -0.2) is 28.6 Å². The van der Waals surface area contributed by atoms with Gasteiger partial charge < -0.3 is 14.4 Å². The molecule has 1 aliphatic carbocycles. The van der Waals surface area contributed by atoms with Gasteiger partial charge in [-0.05, 0) is 43.9 Å². The lowest BCUT2D eigenvalue weighted by atomic mass is 9.92. The molecule has 1 fully saturated rings. The van der Waals surface area contributed by atoms with Gasteiger partial charge in [-0.25, -0.2) is 0 Å². The molecule has 1 amide bonds. The first kappa shape index (κ1) is 16.8. The Bertz CT molecular complexity index is 667. The van der Waals surface area contributed by atoms with Crippen molar-refractivity contribution in [3.8, 4) is 0 Å². The zero-order valence-electron chi connectivity index (χ0n) is 14.4. The van der Waals surface area contributed by atoms with Gasteiger partial charge in [0.15, 0.2) is 0 Å². The number of aliphatic hydroxyl groups excluding tert-OH is 1. The highest BCUT2D eigenvalue weighted by molar-refractivity contribution is 5.91. The molecule has 0 aliphatic heterocycles. The fraction of sp³-hybridized carbons (Fsp3) is 0.450. The minimum Gasteiger partial charge on any atom is -0.467 e. The van der Waals surface area contributed by atoms with Gasteiger partial charge in [-0.3, -0.25) is 4.79 Å². The van der Waals surface area contributed by atoms with Crippen molar-refractivity contribution in [3.63, 3.8) is 0 Å². The van der Waals surface area contributed by atoms with E-state index in [0.717, 1.165) is 24.2 Å². The summed E-state index contributed by atoms with van der Waals surface area (Å²) in [6.45, 7) is 4.41. The number of furan rings is 1. The van der Waals surface area contributed by atoms with Crippen LogP contribution in [0.25, 0.3) is 0 Å². The molecule has 0 spiro atoms. The topological polar surface area (TPSA) is 53.7 Å². The lowest BCUT2D eigenvalue weighted by Crippen LogP contribution is -2.46. The number of aliphatic hydroxyl groups is 1. The number of aryl methyl sites for hydroxylation is 1. The Hall–Kier alpha value is -2.07. The Labute approximate surface area is 143 Å². The number of benzene rings is 1. The molecule has 0 unspecified atom stereocenters. The summed E-state index contributed by atoms with van der Waals surface area (Å²) in [5.74, 6) is 0.846. The molecule has 4 nitrogen and oxygen atoms in total. The van der Waals surface area contributed by atoms with E-state index in [1.54, 1.807) is 11.2 Å². The van der Waals surface area contributed by atoms with E-state index < -0.39 is 5.41 Å². The van der Waals surface area contributed by atoms with Crippen molar-refractivity contribution < 1.29 is 14.3 Å². The molecule has 1 aromatic heterocycles. The van der Waals surface area contributed by atoms with E-state index in [-0.39, 0.29) is 18.6 Å². The molecule has 4 heteroatoms. The van der Waals surface area contributed by atoms with Gasteiger partial charge in [0.2, 0.25) is 5.91 Å². The van der Waals surface area contributed by atoms with Gasteiger partial charge in [-0.2, -0.15) is 0 Å². The molecule has 0 bridgehead atoms. The van der Waals surface area contributed by atoms with Crippen LogP contribution < -0.4 is 0 Å². The predicted molar refractivity (Wildman–Crippen MR) is 92.5 cm³/mol. The van der Waals surface area contributed by atoms with Crippen LogP contribution in [0, 0.1) is 6.92 Å². The highest BCUT2D eigenvalue weighted by Crippen LogP contribution is 2.50. The molecule has 1 saturated carbocycles. The zero-order valence-corrected chi connectivity index (χ0v) is 14.4. The van der Waals surface area contributed by atoms with Gasteiger partial charge in [0.1, 0.15) is 5.76 Å². The molecule has 3 rings (SSSR count). The lowest BCUT2D eigenvalue weighted by Gasteiger charge is -2.33. The predicted octanol–water partition coefficient (Wildman–Crippen LogP) is 3.42. The normalized spacial score (nSPS) is 16.6. The van der Waals surface area contributed by atoms with Gasteiger partial charge >= 0.3 is 0 Å². The average molecular weight is 327 g/mol. The van der Waals surface area contributed by atoms with Crippen LogP contribution in [0.2, 0.25) is 0 Å². The van der Waals surface area contributed by atoms with Crippen LogP contribution in [0.1, 0.15) is 43.1 Å². The Morgan fingerprint density at radius 2 is 2.00 bits per heavy atom. The van der Waals surface area contributed by atoms with Crippen molar-refractivity contribution in [2.45, 2.75) is 51.1 Å². The van der Waals surface area contributed by atoms with Gasteiger partial charge in [0.25, 0.3) is 0 Å². The minimum atomic E-state index is -0.428. The molecule has 0 radical (unpaired) electrons. The smallest absolute Gasteiger partial charge is 0.233 e. The average Bonchev–Trinajstić information content (AvgIpc) is 3.24. The number of hydrogen-bond donors (Lipinski definition) is 1. The van der Waals surface area contributed by atoms with Gasteiger partial charge in [-0.1, -0.05) is 36.8 Å². The summed E-state index contributed by atoms with van der Waals surface area (Å²) in [5.41, 5.74) is 1.84. The first-order valence-electron chi connectivity index (χ1n) is 8.62. The standard InChI is InChI=1S/C20H25NO3/c1-3-17(14-22)21(13-18-5-4-12-24-18)19(23)20(10-11-20)16-8-6-15(2)7-9-16/h4-9,12,17,22H,3,10-11,13-14H2,1-2H3/t17-/m0/s1.